The molecule has 0 bridgehead atoms. The van der Waals surface area contributed by atoms with Crippen LogP contribution in [0.3, 0.4) is 0 Å². The molecule has 1 heterocycles. The highest BCUT2D eigenvalue weighted by molar-refractivity contribution is 7.99. The standard InChI is InChI=1S/C25H33F3N4O5S/c1-14(2)20(31-21(33)15(3)29-12-37-24(36)25(26,27)28)23(35)32-13-38-11-19(32)22(34)30-18-10-6-8-16-7-4-5-9-17(16)18/h4-5,7,9,14-15,18-20,29H,6,8,10-13H2,1-3H3,(H,30,34)(H,31,33)/t15-,18+,19-,20-/m0/s1. The molecule has 1 aromatic rings. The predicted octanol–water partition coefficient (Wildman–Crippen LogP) is 2.26. The Balaban J connectivity index is 1.60. The van der Waals surface area contributed by atoms with Gasteiger partial charge in [-0.1, -0.05) is 38.1 Å². The third kappa shape index (κ3) is 7.40. The molecule has 4 atom stereocenters. The molecule has 0 radical (unpaired) electrons. The summed E-state index contributed by atoms with van der Waals surface area (Å²) in [5.74, 6) is -3.32. The normalized spacial score (nSPS) is 20.9. The number of nitrogens with zero attached hydrogens (tertiary/aromatic N) is 1. The number of aryl methyl sites for hydroxylation is 1. The van der Waals surface area contributed by atoms with E-state index in [9.17, 15) is 32.3 Å². The summed E-state index contributed by atoms with van der Waals surface area (Å²) < 4.78 is 40.8. The van der Waals surface area contributed by atoms with Gasteiger partial charge >= 0.3 is 12.1 Å². The predicted molar refractivity (Wildman–Crippen MR) is 135 cm³/mol. The summed E-state index contributed by atoms with van der Waals surface area (Å²) in [4.78, 5) is 51.7. The van der Waals surface area contributed by atoms with Crippen molar-refractivity contribution in [2.75, 3.05) is 18.4 Å². The first kappa shape index (κ1) is 29.8. The van der Waals surface area contributed by atoms with Gasteiger partial charge in [-0.15, -0.1) is 11.8 Å². The van der Waals surface area contributed by atoms with Gasteiger partial charge in [-0.25, -0.2) is 4.79 Å². The van der Waals surface area contributed by atoms with Crippen molar-refractivity contribution < 1.29 is 37.1 Å². The molecule has 1 aliphatic carbocycles. The number of thioether (sulfide) groups is 1. The summed E-state index contributed by atoms with van der Waals surface area (Å²) in [6.07, 6.45) is -2.42. The number of nitrogens with one attached hydrogen (secondary N) is 3. The molecule has 2 aliphatic rings. The van der Waals surface area contributed by atoms with Gasteiger partial charge in [-0.05, 0) is 43.2 Å². The smallest absolute Gasteiger partial charge is 0.443 e. The van der Waals surface area contributed by atoms with Crippen molar-refractivity contribution in [1.82, 2.24) is 20.9 Å². The monoisotopic (exact) mass is 558 g/mol. The van der Waals surface area contributed by atoms with Crippen LogP contribution >= 0.6 is 11.8 Å². The van der Waals surface area contributed by atoms with Crippen LogP contribution in [0.2, 0.25) is 0 Å². The molecule has 0 saturated carbocycles. The van der Waals surface area contributed by atoms with Crippen molar-refractivity contribution >= 4 is 35.5 Å². The molecule has 0 unspecified atom stereocenters. The van der Waals surface area contributed by atoms with Crippen molar-refractivity contribution in [2.45, 2.75) is 70.4 Å². The van der Waals surface area contributed by atoms with Crippen LogP contribution < -0.4 is 16.0 Å². The lowest BCUT2D eigenvalue weighted by Crippen LogP contribution is -2.58. The second-order valence-corrected chi connectivity index (χ2v) is 10.7. The van der Waals surface area contributed by atoms with Crippen LogP contribution in [-0.4, -0.2) is 71.3 Å². The number of halogens is 3. The summed E-state index contributed by atoms with van der Waals surface area (Å²) in [7, 11) is 0. The zero-order valence-corrected chi connectivity index (χ0v) is 22.3. The molecule has 0 spiro atoms. The van der Waals surface area contributed by atoms with Crippen molar-refractivity contribution in [2.24, 2.45) is 5.92 Å². The molecule has 38 heavy (non-hydrogen) atoms. The number of ether oxygens (including phenoxy) is 1. The fourth-order valence-electron chi connectivity index (χ4n) is 4.43. The molecule has 3 rings (SSSR count). The van der Waals surface area contributed by atoms with E-state index < -0.39 is 48.8 Å². The second kappa shape index (κ2) is 12.8. The number of hydrogen-bond acceptors (Lipinski definition) is 7. The Labute approximate surface area is 223 Å². The fraction of sp³-hybridized carbons (Fsp3) is 0.600. The average Bonchev–Trinajstić information content (AvgIpc) is 3.36. The number of esters is 1. The zero-order chi connectivity index (χ0) is 28.0. The minimum atomic E-state index is -5.14. The van der Waals surface area contributed by atoms with Crippen LogP contribution in [0.5, 0.6) is 0 Å². The van der Waals surface area contributed by atoms with Crippen LogP contribution in [0.4, 0.5) is 13.2 Å². The number of benzene rings is 1. The third-order valence-electron chi connectivity index (χ3n) is 6.60. The Hall–Kier alpha value is -2.80. The third-order valence-corrected chi connectivity index (χ3v) is 7.61. The molecule has 13 heteroatoms. The molecule has 1 fully saturated rings. The molecule has 210 valence electrons. The molecule has 3 amide bonds. The summed E-state index contributed by atoms with van der Waals surface area (Å²) in [5.41, 5.74) is 2.29. The topological polar surface area (TPSA) is 117 Å². The Morgan fingerprint density at radius 1 is 1.16 bits per heavy atom. The number of hydrogen-bond donors (Lipinski definition) is 3. The van der Waals surface area contributed by atoms with Crippen LogP contribution in [-0.2, 0) is 30.3 Å². The van der Waals surface area contributed by atoms with Gasteiger partial charge in [0.25, 0.3) is 0 Å². The van der Waals surface area contributed by atoms with Gasteiger partial charge in [-0.3, -0.25) is 19.7 Å². The van der Waals surface area contributed by atoms with Crippen molar-refractivity contribution in [3.63, 3.8) is 0 Å². The van der Waals surface area contributed by atoms with Gasteiger partial charge in [-0.2, -0.15) is 13.2 Å². The number of rotatable bonds is 9. The van der Waals surface area contributed by atoms with E-state index in [1.165, 1.54) is 29.1 Å². The number of fused-ring (bicyclic) bond motifs is 1. The quantitative estimate of drug-likeness (QED) is 0.315. The van der Waals surface area contributed by atoms with Gasteiger partial charge < -0.3 is 20.3 Å². The highest BCUT2D eigenvalue weighted by Gasteiger charge is 2.42. The van der Waals surface area contributed by atoms with Gasteiger partial charge in [0.15, 0.2) is 0 Å². The van der Waals surface area contributed by atoms with Gasteiger partial charge in [0.05, 0.1) is 18.0 Å². The van der Waals surface area contributed by atoms with E-state index in [0.29, 0.717) is 11.6 Å². The number of carbonyl (C=O) groups is 4. The van der Waals surface area contributed by atoms with Crippen LogP contribution in [0.1, 0.15) is 50.8 Å². The summed E-state index contributed by atoms with van der Waals surface area (Å²) in [6, 6.07) is 5.14. The Kier molecular flexibility index (Phi) is 10.0. The highest BCUT2D eigenvalue weighted by Crippen LogP contribution is 2.30. The van der Waals surface area contributed by atoms with E-state index in [1.807, 2.05) is 18.2 Å². The summed E-state index contributed by atoms with van der Waals surface area (Å²) in [6.45, 7) is 4.01. The van der Waals surface area contributed by atoms with Crippen LogP contribution in [0, 0.1) is 5.92 Å². The summed E-state index contributed by atoms with van der Waals surface area (Å²) >= 11 is 1.44. The van der Waals surface area contributed by atoms with Gasteiger partial charge in [0.2, 0.25) is 17.7 Å². The van der Waals surface area contributed by atoms with E-state index in [0.717, 1.165) is 24.8 Å². The summed E-state index contributed by atoms with van der Waals surface area (Å²) in [5, 5.41) is 8.10. The molecular weight excluding hydrogens is 525 g/mol. The molecule has 1 aliphatic heterocycles. The average molecular weight is 559 g/mol. The minimum Gasteiger partial charge on any atom is -0.443 e. The fourth-order valence-corrected chi connectivity index (χ4v) is 5.59. The molecule has 1 saturated heterocycles. The number of alkyl halides is 3. The van der Waals surface area contributed by atoms with E-state index >= 15 is 0 Å². The first-order chi connectivity index (χ1) is 17.9. The highest BCUT2D eigenvalue weighted by atomic mass is 32.2. The lowest BCUT2D eigenvalue weighted by Gasteiger charge is -2.32. The maximum Gasteiger partial charge on any atom is 0.490 e. The Morgan fingerprint density at radius 2 is 1.87 bits per heavy atom. The number of amides is 3. The van der Waals surface area contributed by atoms with E-state index in [-0.39, 0.29) is 17.9 Å². The van der Waals surface area contributed by atoms with E-state index in [2.05, 4.69) is 26.8 Å². The van der Waals surface area contributed by atoms with E-state index in [1.54, 1.807) is 13.8 Å². The maximum absolute atomic E-state index is 13.5. The molecular formula is C25H33F3N4O5S. The van der Waals surface area contributed by atoms with Crippen molar-refractivity contribution in [1.29, 1.82) is 0 Å². The maximum atomic E-state index is 13.5. The molecule has 0 aromatic heterocycles. The number of carbonyl (C=O) groups excluding carboxylic acids is 4. The largest absolute Gasteiger partial charge is 0.490 e. The van der Waals surface area contributed by atoms with Gasteiger partial charge in [0.1, 0.15) is 18.8 Å². The molecule has 1 aromatic carbocycles. The molecule has 9 nitrogen and oxygen atoms in total. The van der Waals surface area contributed by atoms with Crippen molar-refractivity contribution in [3.05, 3.63) is 35.4 Å². The minimum absolute atomic E-state index is 0.131. The van der Waals surface area contributed by atoms with Crippen molar-refractivity contribution in [3.8, 4) is 0 Å². The van der Waals surface area contributed by atoms with Gasteiger partial charge in [0, 0.05) is 5.75 Å². The van der Waals surface area contributed by atoms with E-state index in [4.69, 9.17) is 0 Å². The first-order valence-electron chi connectivity index (χ1n) is 12.4. The lowest BCUT2D eigenvalue weighted by atomic mass is 9.87. The lowest BCUT2D eigenvalue weighted by molar-refractivity contribution is -0.200. The van der Waals surface area contributed by atoms with Crippen LogP contribution in [0.15, 0.2) is 24.3 Å². The Morgan fingerprint density at radius 3 is 2.55 bits per heavy atom. The zero-order valence-electron chi connectivity index (χ0n) is 21.5. The van der Waals surface area contributed by atoms with Crippen LogP contribution in [0.25, 0.3) is 0 Å². The molecule has 3 N–H and O–H groups in total. The second-order valence-electron chi connectivity index (χ2n) is 9.71. The SMILES string of the molecule is CC(C)[C@H](NC(=O)[C@H](C)NCOC(=O)C(F)(F)F)C(=O)N1CSC[C@H]1C(=O)N[C@@H]1CCCc2ccccc21. The Bertz CT molecular complexity index is 1040. The first-order valence-corrected chi connectivity index (χ1v) is 13.6.